The molecule has 2 aromatic rings. The largest absolute Gasteiger partial charge is 0.322 e. The van der Waals surface area contributed by atoms with E-state index in [-0.39, 0.29) is 16.7 Å². The van der Waals surface area contributed by atoms with Crippen LogP contribution in [-0.2, 0) is 0 Å². The number of anilines is 1. The molecule has 20 heavy (non-hydrogen) atoms. The number of aromatic nitrogens is 1. The summed E-state index contributed by atoms with van der Waals surface area (Å²) in [5, 5.41) is 13.6. The lowest BCUT2D eigenvalue weighted by Gasteiger charge is -2.06. The van der Waals surface area contributed by atoms with Crippen LogP contribution in [0.2, 0.25) is 5.15 Å². The highest BCUT2D eigenvalue weighted by atomic mass is 35.5. The Morgan fingerprint density at radius 1 is 1.35 bits per heavy atom. The lowest BCUT2D eigenvalue weighted by molar-refractivity contribution is -0.385. The molecule has 1 N–H and O–H groups in total. The van der Waals surface area contributed by atoms with Gasteiger partial charge in [0, 0.05) is 29.1 Å². The average molecular weight is 292 g/mol. The Hall–Kier alpha value is -2.47. The van der Waals surface area contributed by atoms with E-state index in [4.69, 9.17) is 11.6 Å². The molecule has 1 heterocycles. The predicted octanol–water partition coefficient (Wildman–Crippen LogP) is 3.20. The van der Waals surface area contributed by atoms with Gasteiger partial charge in [0.1, 0.15) is 5.15 Å². The SMILES string of the molecule is Cc1cc(C(=O)Nc2ccnc(Cl)c2)ccc1[N+](=O)[O-]. The Morgan fingerprint density at radius 3 is 2.70 bits per heavy atom. The van der Waals surface area contributed by atoms with E-state index in [0.29, 0.717) is 16.8 Å². The van der Waals surface area contributed by atoms with Crippen molar-refractivity contribution in [3.05, 3.63) is 62.9 Å². The molecule has 0 spiro atoms. The molecule has 0 saturated carbocycles. The first kappa shape index (κ1) is 14.0. The minimum atomic E-state index is -0.486. The molecule has 0 radical (unpaired) electrons. The topological polar surface area (TPSA) is 85.1 Å². The monoisotopic (exact) mass is 291 g/mol. The number of carbonyl (C=O) groups is 1. The molecular weight excluding hydrogens is 282 g/mol. The number of pyridine rings is 1. The average Bonchev–Trinajstić information content (AvgIpc) is 2.38. The predicted molar refractivity (Wildman–Crippen MR) is 75.0 cm³/mol. The molecule has 0 aliphatic heterocycles. The molecule has 0 fully saturated rings. The van der Waals surface area contributed by atoms with Crippen molar-refractivity contribution in [2.45, 2.75) is 6.92 Å². The van der Waals surface area contributed by atoms with Crippen LogP contribution in [0.4, 0.5) is 11.4 Å². The lowest BCUT2D eigenvalue weighted by Crippen LogP contribution is -2.12. The Labute approximate surface area is 119 Å². The number of rotatable bonds is 3. The molecule has 102 valence electrons. The number of hydrogen-bond acceptors (Lipinski definition) is 4. The van der Waals surface area contributed by atoms with Crippen molar-refractivity contribution in [3.8, 4) is 0 Å². The van der Waals surface area contributed by atoms with Crippen molar-refractivity contribution in [3.63, 3.8) is 0 Å². The fourth-order valence-corrected chi connectivity index (χ4v) is 1.86. The first-order valence-electron chi connectivity index (χ1n) is 5.65. The number of amides is 1. The molecule has 1 aromatic carbocycles. The Morgan fingerprint density at radius 2 is 2.10 bits per heavy atom. The minimum Gasteiger partial charge on any atom is -0.322 e. The summed E-state index contributed by atoms with van der Waals surface area (Å²) in [6.45, 7) is 1.58. The van der Waals surface area contributed by atoms with Crippen molar-refractivity contribution in [1.82, 2.24) is 4.98 Å². The van der Waals surface area contributed by atoms with Gasteiger partial charge >= 0.3 is 0 Å². The van der Waals surface area contributed by atoms with E-state index >= 15 is 0 Å². The molecule has 6 nitrogen and oxygen atoms in total. The van der Waals surface area contributed by atoms with E-state index < -0.39 is 4.92 Å². The molecular formula is C13H10ClN3O3. The molecule has 1 amide bonds. The summed E-state index contributed by atoms with van der Waals surface area (Å²) in [7, 11) is 0. The van der Waals surface area contributed by atoms with Gasteiger partial charge < -0.3 is 5.32 Å². The zero-order chi connectivity index (χ0) is 14.7. The van der Waals surface area contributed by atoms with Crippen LogP contribution >= 0.6 is 11.6 Å². The molecule has 7 heteroatoms. The van der Waals surface area contributed by atoms with Gasteiger partial charge in [-0.25, -0.2) is 4.98 Å². The van der Waals surface area contributed by atoms with Crippen LogP contribution in [0.15, 0.2) is 36.5 Å². The zero-order valence-corrected chi connectivity index (χ0v) is 11.2. The first-order valence-corrected chi connectivity index (χ1v) is 6.03. The maximum absolute atomic E-state index is 12.0. The molecule has 0 saturated heterocycles. The van der Waals surface area contributed by atoms with Gasteiger partial charge in [0.05, 0.1) is 4.92 Å². The highest BCUT2D eigenvalue weighted by molar-refractivity contribution is 6.29. The van der Waals surface area contributed by atoms with Crippen LogP contribution in [0.5, 0.6) is 0 Å². The van der Waals surface area contributed by atoms with Gasteiger partial charge in [-0.15, -0.1) is 0 Å². The van der Waals surface area contributed by atoms with Gasteiger partial charge in [-0.3, -0.25) is 14.9 Å². The number of aryl methyl sites for hydroxylation is 1. The number of hydrogen-bond donors (Lipinski definition) is 1. The van der Waals surface area contributed by atoms with Gasteiger partial charge in [-0.05, 0) is 31.2 Å². The van der Waals surface area contributed by atoms with Crippen molar-refractivity contribution in [2.24, 2.45) is 0 Å². The summed E-state index contributed by atoms with van der Waals surface area (Å²) in [6.07, 6.45) is 1.47. The van der Waals surface area contributed by atoms with E-state index in [1.165, 1.54) is 30.5 Å². The van der Waals surface area contributed by atoms with Crippen LogP contribution < -0.4 is 5.32 Å². The smallest absolute Gasteiger partial charge is 0.272 e. The normalized spacial score (nSPS) is 10.1. The second-order valence-corrected chi connectivity index (χ2v) is 4.47. The van der Waals surface area contributed by atoms with E-state index in [1.54, 1.807) is 13.0 Å². The fraction of sp³-hybridized carbons (Fsp3) is 0.0769. The van der Waals surface area contributed by atoms with Crippen LogP contribution in [0.3, 0.4) is 0 Å². The lowest BCUT2D eigenvalue weighted by atomic mass is 10.1. The van der Waals surface area contributed by atoms with E-state index in [2.05, 4.69) is 10.3 Å². The summed E-state index contributed by atoms with van der Waals surface area (Å²) in [4.78, 5) is 26.0. The number of nitro benzene ring substituents is 1. The second kappa shape index (κ2) is 5.66. The molecule has 1 aromatic heterocycles. The molecule has 2 rings (SSSR count). The minimum absolute atomic E-state index is 0.0199. The Kier molecular flexibility index (Phi) is 3.95. The van der Waals surface area contributed by atoms with Crippen LogP contribution in [-0.4, -0.2) is 15.8 Å². The maximum Gasteiger partial charge on any atom is 0.272 e. The molecule has 0 unspecified atom stereocenters. The molecule has 0 atom stereocenters. The van der Waals surface area contributed by atoms with Gasteiger partial charge in [-0.2, -0.15) is 0 Å². The standard InChI is InChI=1S/C13H10ClN3O3/c1-8-6-9(2-3-11(8)17(19)20)13(18)16-10-4-5-15-12(14)7-10/h2-7H,1H3,(H,15,16,18). The van der Waals surface area contributed by atoms with Gasteiger partial charge in [0.25, 0.3) is 11.6 Å². The highest BCUT2D eigenvalue weighted by Crippen LogP contribution is 2.20. The summed E-state index contributed by atoms with van der Waals surface area (Å²) in [5.74, 6) is -0.370. The van der Waals surface area contributed by atoms with E-state index in [1.807, 2.05) is 0 Å². The number of nitrogens with zero attached hydrogens (tertiary/aromatic N) is 2. The molecule has 0 aliphatic rings. The second-order valence-electron chi connectivity index (χ2n) is 4.08. The summed E-state index contributed by atoms with van der Waals surface area (Å²) >= 11 is 5.72. The first-order chi connectivity index (χ1) is 9.47. The van der Waals surface area contributed by atoms with E-state index in [9.17, 15) is 14.9 Å². The van der Waals surface area contributed by atoms with E-state index in [0.717, 1.165) is 0 Å². The number of benzene rings is 1. The van der Waals surface area contributed by atoms with Crippen molar-refractivity contribution < 1.29 is 9.72 Å². The number of halogens is 1. The summed E-state index contributed by atoms with van der Waals surface area (Å²) in [6, 6.07) is 7.29. The number of nitro groups is 1. The maximum atomic E-state index is 12.0. The van der Waals surface area contributed by atoms with Crippen LogP contribution in [0.1, 0.15) is 15.9 Å². The van der Waals surface area contributed by atoms with Crippen molar-refractivity contribution in [1.29, 1.82) is 0 Å². The van der Waals surface area contributed by atoms with Gasteiger partial charge in [-0.1, -0.05) is 11.6 Å². The fourth-order valence-electron chi connectivity index (χ4n) is 1.69. The van der Waals surface area contributed by atoms with Crippen molar-refractivity contribution in [2.75, 3.05) is 5.32 Å². The zero-order valence-electron chi connectivity index (χ0n) is 10.5. The third kappa shape index (κ3) is 3.10. The number of nitrogens with one attached hydrogen (secondary N) is 1. The van der Waals surface area contributed by atoms with Crippen molar-refractivity contribution >= 4 is 28.9 Å². The summed E-state index contributed by atoms with van der Waals surface area (Å²) in [5.41, 5.74) is 1.25. The summed E-state index contributed by atoms with van der Waals surface area (Å²) < 4.78 is 0. The molecule has 0 aliphatic carbocycles. The van der Waals surface area contributed by atoms with Gasteiger partial charge in [0.2, 0.25) is 0 Å². The third-order valence-electron chi connectivity index (χ3n) is 2.64. The Balaban J connectivity index is 2.22. The Bertz CT molecular complexity index is 688. The highest BCUT2D eigenvalue weighted by Gasteiger charge is 2.13. The number of carbonyl (C=O) groups excluding carboxylic acids is 1. The molecule has 0 bridgehead atoms. The van der Waals surface area contributed by atoms with Gasteiger partial charge in [0.15, 0.2) is 0 Å². The van der Waals surface area contributed by atoms with Crippen LogP contribution in [0, 0.1) is 17.0 Å². The third-order valence-corrected chi connectivity index (χ3v) is 2.85. The van der Waals surface area contributed by atoms with Crippen LogP contribution in [0.25, 0.3) is 0 Å². The quantitative estimate of drug-likeness (QED) is 0.534.